The highest BCUT2D eigenvalue weighted by molar-refractivity contribution is 6.00. The van der Waals surface area contributed by atoms with Crippen molar-refractivity contribution in [3.63, 3.8) is 0 Å². The first-order chi connectivity index (χ1) is 7.02. The second kappa shape index (κ2) is 3.02. The van der Waals surface area contributed by atoms with E-state index in [1.165, 1.54) is 0 Å². The predicted octanol–water partition coefficient (Wildman–Crippen LogP) is 2.19. The second-order valence-electron chi connectivity index (χ2n) is 3.58. The fourth-order valence-corrected chi connectivity index (χ4v) is 1.79. The maximum absolute atomic E-state index is 10.9. The molecule has 0 amide bonds. The number of carboxylic acids is 1. The van der Waals surface area contributed by atoms with Crippen molar-refractivity contribution in [2.75, 3.05) is 0 Å². The van der Waals surface area contributed by atoms with Crippen LogP contribution in [0.25, 0.3) is 10.9 Å². The molecule has 0 aliphatic carbocycles. The standard InChI is InChI=1S/C11H11NO3/c1-5-3-4-7(13)8-6(2)10(11(14)15)12-9(5)8/h3-4,12-13H,1-2H3,(H,14,15). The summed E-state index contributed by atoms with van der Waals surface area (Å²) < 4.78 is 0. The highest BCUT2D eigenvalue weighted by atomic mass is 16.4. The molecule has 0 aliphatic rings. The summed E-state index contributed by atoms with van der Waals surface area (Å²) in [5.41, 5.74) is 2.30. The molecule has 2 rings (SSSR count). The van der Waals surface area contributed by atoms with Gasteiger partial charge in [-0.25, -0.2) is 4.79 Å². The van der Waals surface area contributed by atoms with Gasteiger partial charge in [0.15, 0.2) is 0 Å². The van der Waals surface area contributed by atoms with Crippen molar-refractivity contribution in [2.24, 2.45) is 0 Å². The van der Waals surface area contributed by atoms with Crippen molar-refractivity contribution in [3.05, 3.63) is 29.0 Å². The zero-order chi connectivity index (χ0) is 11.2. The molecule has 1 aromatic heterocycles. The van der Waals surface area contributed by atoms with Gasteiger partial charge in [0.1, 0.15) is 11.4 Å². The lowest BCUT2D eigenvalue weighted by molar-refractivity contribution is 0.0691. The van der Waals surface area contributed by atoms with E-state index in [1.54, 1.807) is 19.1 Å². The summed E-state index contributed by atoms with van der Waals surface area (Å²) in [6.07, 6.45) is 0. The molecular weight excluding hydrogens is 194 g/mol. The average Bonchev–Trinajstić information content (AvgIpc) is 2.51. The number of phenols is 1. The van der Waals surface area contributed by atoms with Gasteiger partial charge in [0.05, 0.1) is 5.52 Å². The third-order valence-electron chi connectivity index (χ3n) is 2.61. The molecule has 0 fully saturated rings. The van der Waals surface area contributed by atoms with Crippen LogP contribution in [-0.2, 0) is 0 Å². The number of H-pyrrole nitrogens is 1. The minimum absolute atomic E-state index is 0.108. The molecule has 2 aromatic rings. The molecule has 0 saturated heterocycles. The third-order valence-corrected chi connectivity index (χ3v) is 2.61. The van der Waals surface area contributed by atoms with Gasteiger partial charge in [-0.1, -0.05) is 6.07 Å². The van der Waals surface area contributed by atoms with Gasteiger partial charge in [-0.05, 0) is 31.0 Å². The maximum atomic E-state index is 10.9. The number of aromatic carboxylic acids is 1. The van der Waals surface area contributed by atoms with Gasteiger partial charge < -0.3 is 15.2 Å². The van der Waals surface area contributed by atoms with Gasteiger partial charge >= 0.3 is 5.97 Å². The van der Waals surface area contributed by atoms with E-state index in [9.17, 15) is 9.90 Å². The first-order valence-electron chi connectivity index (χ1n) is 4.56. The highest BCUT2D eigenvalue weighted by Crippen LogP contribution is 2.31. The number of hydrogen-bond donors (Lipinski definition) is 3. The summed E-state index contributed by atoms with van der Waals surface area (Å²) >= 11 is 0. The number of fused-ring (bicyclic) bond motifs is 1. The Morgan fingerprint density at radius 1 is 1.33 bits per heavy atom. The van der Waals surface area contributed by atoms with E-state index in [1.807, 2.05) is 6.92 Å². The number of phenolic OH excluding ortho intramolecular Hbond substituents is 1. The van der Waals surface area contributed by atoms with Crippen molar-refractivity contribution in [1.29, 1.82) is 0 Å². The lowest BCUT2D eigenvalue weighted by Crippen LogP contribution is -1.98. The summed E-state index contributed by atoms with van der Waals surface area (Å²) in [7, 11) is 0. The largest absolute Gasteiger partial charge is 0.507 e. The normalized spacial score (nSPS) is 10.8. The number of aromatic amines is 1. The molecule has 0 atom stereocenters. The summed E-state index contributed by atoms with van der Waals surface area (Å²) in [6.45, 7) is 3.55. The molecule has 4 heteroatoms. The van der Waals surface area contributed by atoms with Crippen LogP contribution in [0.2, 0.25) is 0 Å². The van der Waals surface area contributed by atoms with Gasteiger partial charge in [-0.2, -0.15) is 0 Å². The Bertz CT molecular complexity index is 554. The smallest absolute Gasteiger partial charge is 0.352 e. The van der Waals surface area contributed by atoms with Gasteiger partial charge in [0.25, 0.3) is 0 Å². The second-order valence-corrected chi connectivity index (χ2v) is 3.58. The molecule has 0 bridgehead atoms. The number of benzene rings is 1. The Morgan fingerprint density at radius 3 is 2.53 bits per heavy atom. The number of nitrogens with one attached hydrogen (secondary N) is 1. The van der Waals surface area contributed by atoms with E-state index < -0.39 is 5.97 Å². The van der Waals surface area contributed by atoms with Crippen molar-refractivity contribution in [3.8, 4) is 5.75 Å². The molecule has 1 heterocycles. The number of carboxylic acid groups (broad SMARTS) is 1. The van der Waals surface area contributed by atoms with Gasteiger partial charge in [0, 0.05) is 5.39 Å². The Morgan fingerprint density at radius 2 is 2.00 bits per heavy atom. The molecule has 15 heavy (non-hydrogen) atoms. The fourth-order valence-electron chi connectivity index (χ4n) is 1.79. The van der Waals surface area contributed by atoms with Gasteiger partial charge in [0.2, 0.25) is 0 Å². The minimum Gasteiger partial charge on any atom is -0.507 e. The van der Waals surface area contributed by atoms with Crippen LogP contribution in [0.1, 0.15) is 21.6 Å². The SMILES string of the molecule is Cc1ccc(O)c2c(C)c(C(=O)O)[nH]c12. The van der Waals surface area contributed by atoms with E-state index in [0.29, 0.717) is 16.5 Å². The van der Waals surface area contributed by atoms with Gasteiger partial charge in [-0.3, -0.25) is 0 Å². The Hall–Kier alpha value is -1.97. The van der Waals surface area contributed by atoms with Crippen LogP contribution < -0.4 is 0 Å². The van der Waals surface area contributed by atoms with E-state index >= 15 is 0 Å². The summed E-state index contributed by atoms with van der Waals surface area (Å²) in [6, 6.07) is 3.32. The van der Waals surface area contributed by atoms with Crippen LogP contribution in [0.3, 0.4) is 0 Å². The van der Waals surface area contributed by atoms with E-state index in [0.717, 1.165) is 5.56 Å². The van der Waals surface area contributed by atoms with Crippen LogP contribution >= 0.6 is 0 Å². The quantitative estimate of drug-likeness (QED) is 0.668. The van der Waals surface area contributed by atoms with Gasteiger partial charge in [-0.15, -0.1) is 0 Å². The van der Waals surface area contributed by atoms with Crippen molar-refractivity contribution in [1.82, 2.24) is 4.98 Å². The number of aromatic hydroxyl groups is 1. The van der Waals surface area contributed by atoms with E-state index in [4.69, 9.17) is 5.11 Å². The third kappa shape index (κ3) is 1.26. The maximum Gasteiger partial charge on any atom is 0.352 e. The summed E-state index contributed by atoms with van der Waals surface area (Å²) in [5, 5.41) is 19.2. The van der Waals surface area contributed by atoms with E-state index in [-0.39, 0.29) is 11.4 Å². The fraction of sp³-hybridized carbons (Fsp3) is 0.182. The zero-order valence-electron chi connectivity index (χ0n) is 8.46. The van der Waals surface area contributed by atoms with Crippen LogP contribution in [-0.4, -0.2) is 21.2 Å². The van der Waals surface area contributed by atoms with Crippen molar-refractivity contribution >= 4 is 16.9 Å². The minimum atomic E-state index is -1.01. The van der Waals surface area contributed by atoms with Crippen molar-refractivity contribution < 1.29 is 15.0 Å². The highest BCUT2D eigenvalue weighted by Gasteiger charge is 2.16. The summed E-state index contributed by atoms with van der Waals surface area (Å²) in [4.78, 5) is 13.7. The predicted molar refractivity (Wildman–Crippen MR) is 56.4 cm³/mol. The lowest BCUT2D eigenvalue weighted by Gasteiger charge is -1.98. The van der Waals surface area contributed by atoms with Crippen molar-refractivity contribution in [2.45, 2.75) is 13.8 Å². The molecule has 0 aliphatic heterocycles. The van der Waals surface area contributed by atoms with Crippen LogP contribution in [0.5, 0.6) is 5.75 Å². The van der Waals surface area contributed by atoms with Crippen LogP contribution in [0.15, 0.2) is 12.1 Å². The first-order valence-corrected chi connectivity index (χ1v) is 4.56. The van der Waals surface area contributed by atoms with Crippen LogP contribution in [0, 0.1) is 13.8 Å². The molecular formula is C11H11NO3. The van der Waals surface area contributed by atoms with E-state index in [2.05, 4.69) is 4.98 Å². The molecule has 1 aromatic carbocycles. The zero-order valence-corrected chi connectivity index (χ0v) is 8.46. The topological polar surface area (TPSA) is 73.3 Å². The molecule has 0 unspecified atom stereocenters. The molecule has 4 nitrogen and oxygen atoms in total. The van der Waals surface area contributed by atoms with Crippen LogP contribution in [0.4, 0.5) is 0 Å². The lowest BCUT2D eigenvalue weighted by atomic mass is 10.1. The molecule has 0 radical (unpaired) electrons. The molecule has 0 saturated carbocycles. The average molecular weight is 205 g/mol. The summed E-state index contributed by atoms with van der Waals surface area (Å²) in [5.74, 6) is -0.903. The first kappa shape index (κ1) is 9.58. The number of aryl methyl sites for hydroxylation is 2. The Labute approximate surface area is 86.2 Å². The monoisotopic (exact) mass is 205 g/mol. The molecule has 0 spiro atoms. The molecule has 78 valence electrons. The number of rotatable bonds is 1. The Kier molecular flexibility index (Phi) is 1.93. The number of hydrogen-bond acceptors (Lipinski definition) is 2. The Balaban J connectivity index is 2.93. The number of carbonyl (C=O) groups is 1. The number of aromatic nitrogens is 1. The molecule has 3 N–H and O–H groups in total.